The van der Waals surface area contributed by atoms with Crippen LogP contribution < -0.4 is 0 Å². The van der Waals surface area contributed by atoms with Crippen LogP contribution in [0.4, 0.5) is 0 Å². The zero-order chi connectivity index (χ0) is 20.7. The van der Waals surface area contributed by atoms with Gasteiger partial charge in [0, 0.05) is 18.4 Å². The number of allylic oxidation sites excluding steroid dienone is 3. The molecule has 150 valence electrons. The van der Waals surface area contributed by atoms with Gasteiger partial charge >= 0.3 is 0 Å². The van der Waals surface area contributed by atoms with Crippen molar-refractivity contribution in [2.75, 3.05) is 0 Å². The van der Waals surface area contributed by atoms with E-state index in [2.05, 4.69) is 0 Å². The second-order valence-corrected chi connectivity index (χ2v) is 8.69. The predicted molar refractivity (Wildman–Crippen MR) is 101 cm³/mol. The monoisotopic (exact) mass is 378 g/mol. The summed E-state index contributed by atoms with van der Waals surface area (Å²) in [6, 6.07) is 0. The number of aliphatic hydroxyl groups is 3. The average molecular weight is 378 g/mol. The quantitative estimate of drug-likeness (QED) is 0.485. The van der Waals surface area contributed by atoms with Crippen molar-refractivity contribution in [3.8, 4) is 0 Å². The lowest BCUT2D eigenvalue weighted by molar-refractivity contribution is -0.133. The van der Waals surface area contributed by atoms with Gasteiger partial charge in [-0.2, -0.15) is 0 Å². The van der Waals surface area contributed by atoms with Crippen molar-refractivity contribution >= 4 is 11.6 Å². The molecule has 0 bridgehead atoms. The number of aliphatic hydroxyl groups excluding tert-OH is 1. The van der Waals surface area contributed by atoms with E-state index in [1.807, 2.05) is 33.8 Å². The van der Waals surface area contributed by atoms with Gasteiger partial charge in [-0.25, -0.2) is 0 Å². The van der Waals surface area contributed by atoms with Crippen molar-refractivity contribution in [1.29, 1.82) is 0 Å². The molecule has 3 N–H and O–H groups in total. The highest BCUT2D eigenvalue weighted by atomic mass is 16.5. The van der Waals surface area contributed by atoms with Gasteiger partial charge in [0.25, 0.3) is 0 Å². The Labute approximate surface area is 160 Å². The summed E-state index contributed by atoms with van der Waals surface area (Å²) < 4.78 is 5.75. The van der Waals surface area contributed by atoms with Crippen LogP contribution in [0.5, 0.6) is 0 Å². The third-order valence-electron chi connectivity index (χ3n) is 4.89. The number of Topliss-reactive ketones (excluding diaryl/α,β-unsaturated/α-hetero) is 2. The number of carbonyl (C=O) groups is 2. The van der Waals surface area contributed by atoms with E-state index in [-0.39, 0.29) is 42.1 Å². The van der Waals surface area contributed by atoms with E-state index in [9.17, 15) is 24.9 Å². The average Bonchev–Trinajstić information content (AvgIpc) is 2.86. The highest BCUT2D eigenvalue weighted by Crippen LogP contribution is 2.47. The van der Waals surface area contributed by atoms with Gasteiger partial charge < -0.3 is 20.1 Å². The lowest BCUT2D eigenvalue weighted by Gasteiger charge is -2.29. The molecular weight excluding hydrogens is 348 g/mol. The zero-order valence-corrected chi connectivity index (χ0v) is 16.9. The van der Waals surface area contributed by atoms with Crippen LogP contribution in [0.15, 0.2) is 34.3 Å². The van der Waals surface area contributed by atoms with Gasteiger partial charge in [-0.15, -0.1) is 0 Å². The van der Waals surface area contributed by atoms with Crippen LogP contribution in [0.2, 0.25) is 0 Å². The summed E-state index contributed by atoms with van der Waals surface area (Å²) in [5, 5.41) is 32.2. The second kappa shape index (κ2) is 7.24. The Balaban J connectivity index is 2.62. The standard InChI is InChI=1S/C21H30O6/c1-11(2)7-8-13-17(23)16(14(22)9-12(3)4)18(24)21(26)10-15(20(5,6)25)27-19(13)21/h7,12,15,23,25-26H,8-10H2,1-6H3. The minimum Gasteiger partial charge on any atom is -0.507 e. The molecule has 2 atom stereocenters. The molecule has 0 spiro atoms. The molecule has 1 saturated heterocycles. The van der Waals surface area contributed by atoms with Crippen LogP contribution in [0.25, 0.3) is 0 Å². The zero-order valence-electron chi connectivity index (χ0n) is 16.9. The van der Waals surface area contributed by atoms with Gasteiger partial charge in [0.2, 0.25) is 5.78 Å². The smallest absolute Gasteiger partial charge is 0.209 e. The Morgan fingerprint density at radius 2 is 1.96 bits per heavy atom. The Kier molecular flexibility index (Phi) is 5.74. The molecule has 2 unspecified atom stereocenters. The van der Waals surface area contributed by atoms with Crippen LogP contribution in [0.1, 0.15) is 60.8 Å². The fourth-order valence-electron chi connectivity index (χ4n) is 3.35. The molecular formula is C21H30O6. The maximum absolute atomic E-state index is 13.0. The first kappa shape index (κ1) is 21.4. The molecule has 0 aromatic heterocycles. The highest BCUT2D eigenvalue weighted by molar-refractivity contribution is 6.25. The van der Waals surface area contributed by atoms with Crippen LogP contribution in [-0.2, 0) is 14.3 Å². The van der Waals surface area contributed by atoms with Crippen molar-refractivity contribution in [1.82, 2.24) is 0 Å². The van der Waals surface area contributed by atoms with Gasteiger partial charge in [-0.3, -0.25) is 9.59 Å². The fraction of sp³-hybridized carbons (Fsp3) is 0.619. The number of hydrogen-bond acceptors (Lipinski definition) is 6. The molecule has 1 fully saturated rings. The molecule has 0 aromatic rings. The maximum Gasteiger partial charge on any atom is 0.209 e. The molecule has 1 heterocycles. The molecule has 6 nitrogen and oxygen atoms in total. The van der Waals surface area contributed by atoms with Crippen molar-refractivity contribution in [2.45, 2.75) is 78.1 Å². The number of rotatable bonds is 6. The van der Waals surface area contributed by atoms with Crippen molar-refractivity contribution in [3.63, 3.8) is 0 Å². The van der Waals surface area contributed by atoms with E-state index < -0.39 is 34.6 Å². The Morgan fingerprint density at radius 1 is 1.37 bits per heavy atom. The third kappa shape index (κ3) is 4.01. The summed E-state index contributed by atoms with van der Waals surface area (Å²) in [5.74, 6) is -1.85. The highest BCUT2D eigenvalue weighted by Gasteiger charge is 2.58. The molecule has 27 heavy (non-hydrogen) atoms. The summed E-state index contributed by atoms with van der Waals surface area (Å²) in [6.07, 6.45) is 1.10. The number of fused-ring (bicyclic) bond motifs is 1. The molecule has 1 aliphatic heterocycles. The first-order valence-corrected chi connectivity index (χ1v) is 9.29. The first-order valence-electron chi connectivity index (χ1n) is 9.29. The largest absolute Gasteiger partial charge is 0.507 e. The van der Waals surface area contributed by atoms with Crippen LogP contribution in [-0.4, -0.2) is 44.2 Å². The molecule has 6 heteroatoms. The minimum atomic E-state index is -2.05. The number of hydrogen-bond donors (Lipinski definition) is 3. The lowest BCUT2D eigenvalue weighted by atomic mass is 9.76. The SMILES string of the molecule is CC(C)=CCC1=C2OC(C(C)(C)O)CC2(O)C(=O)C(C(=O)CC(C)C)=C1O. The third-order valence-corrected chi connectivity index (χ3v) is 4.89. The van der Waals surface area contributed by atoms with Crippen LogP contribution in [0, 0.1) is 5.92 Å². The molecule has 1 aliphatic carbocycles. The summed E-state index contributed by atoms with van der Waals surface area (Å²) in [4.78, 5) is 25.7. The van der Waals surface area contributed by atoms with Gasteiger partial charge in [0.05, 0.1) is 5.60 Å². The second-order valence-electron chi connectivity index (χ2n) is 8.69. The van der Waals surface area contributed by atoms with Gasteiger partial charge in [0.15, 0.2) is 11.4 Å². The lowest BCUT2D eigenvalue weighted by Crippen LogP contribution is -2.45. The van der Waals surface area contributed by atoms with E-state index in [4.69, 9.17) is 4.74 Å². The summed E-state index contributed by atoms with van der Waals surface area (Å²) in [7, 11) is 0. The number of ketones is 2. The predicted octanol–water partition coefficient (Wildman–Crippen LogP) is 2.90. The molecule has 0 aromatic carbocycles. The normalized spacial score (nSPS) is 25.7. The van der Waals surface area contributed by atoms with Gasteiger partial charge in [-0.05, 0) is 40.0 Å². The minimum absolute atomic E-state index is 0.00389. The van der Waals surface area contributed by atoms with E-state index in [0.29, 0.717) is 0 Å². The van der Waals surface area contributed by atoms with Crippen molar-refractivity contribution < 1.29 is 29.6 Å². The molecule has 2 rings (SSSR count). The fourth-order valence-corrected chi connectivity index (χ4v) is 3.35. The molecule has 2 aliphatic rings. The molecule has 0 saturated carbocycles. The van der Waals surface area contributed by atoms with Crippen molar-refractivity contribution in [2.24, 2.45) is 5.92 Å². The van der Waals surface area contributed by atoms with E-state index in [1.54, 1.807) is 0 Å². The van der Waals surface area contributed by atoms with Crippen LogP contribution >= 0.6 is 0 Å². The van der Waals surface area contributed by atoms with Gasteiger partial charge in [0.1, 0.15) is 23.2 Å². The summed E-state index contributed by atoms with van der Waals surface area (Å²) in [6.45, 7) is 10.5. The molecule has 0 amide bonds. The van der Waals surface area contributed by atoms with Gasteiger partial charge in [-0.1, -0.05) is 25.5 Å². The van der Waals surface area contributed by atoms with Crippen LogP contribution in [0.3, 0.4) is 0 Å². The first-order chi connectivity index (χ1) is 12.3. The van der Waals surface area contributed by atoms with E-state index >= 15 is 0 Å². The maximum atomic E-state index is 13.0. The Bertz CT molecular complexity index is 743. The molecule has 0 radical (unpaired) electrons. The summed E-state index contributed by atoms with van der Waals surface area (Å²) >= 11 is 0. The van der Waals surface area contributed by atoms with Crippen molar-refractivity contribution in [3.05, 3.63) is 34.3 Å². The Morgan fingerprint density at radius 3 is 2.44 bits per heavy atom. The number of ether oxygens (including phenoxy) is 1. The Hall–Kier alpha value is -1.92. The van der Waals surface area contributed by atoms with E-state index in [0.717, 1.165) is 5.57 Å². The topological polar surface area (TPSA) is 104 Å². The van der Waals surface area contributed by atoms with E-state index in [1.165, 1.54) is 13.8 Å². The summed E-state index contributed by atoms with van der Waals surface area (Å²) in [5.41, 5.74) is -2.53. The number of carbonyl (C=O) groups excluding carboxylic acids is 2.